The largest absolute Gasteiger partial charge is 0.257 e. The van der Waals surface area contributed by atoms with Crippen LogP contribution in [0.3, 0.4) is 0 Å². The molecule has 2 aromatic rings. The Balaban J connectivity index is 2.30. The Hall–Kier alpha value is -2.48. The third-order valence-corrected chi connectivity index (χ3v) is 2.68. The number of aromatic nitrogens is 1. The standard InChI is InChI=1S/C17H16N2/c1-3-12-18-16(4-2)15-10-11-17(19-13-15)14-8-6-5-7-9-14/h3-13H,2H2,1H3/b12-3-,18-16+. The van der Waals surface area contributed by atoms with Gasteiger partial charge in [-0.1, -0.05) is 43.0 Å². The van der Waals surface area contributed by atoms with Crippen molar-refractivity contribution in [2.24, 2.45) is 4.99 Å². The monoisotopic (exact) mass is 248 g/mol. The fourth-order valence-electron chi connectivity index (χ4n) is 1.72. The van der Waals surface area contributed by atoms with Crippen LogP contribution in [0.4, 0.5) is 0 Å². The van der Waals surface area contributed by atoms with Crippen LogP contribution in [0.2, 0.25) is 0 Å². The van der Waals surface area contributed by atoms with Gasteiger partial charge < -0.3 is 0 Å². The third kappa shape index (κ3) is 3.26. The van der Waals surface area contributed by atoms with Crippen LogP contribution >= 0.6 is 0 Å². The molecule has 0 saturated carbocycles. The predicted octanol–water partition coefficient (Wildman–Crippen LogP) is 4.26. The minimum Gasteiger partial charge on any atom is -0.257 e. The summed E-state index contributed by atoms with van der Waals surface area (Å²) >= 11 is 0. The van der Waals surface area contributed by atoms with Gasteiger partial charge in [0, 0.05) is 23.5 Å². The van der Waals surface area contributed by atoms with Crippen LogP contribution < -0.4 is 0 Å². The van der Waals surface area contributed by atoms with Crippen molar-refractivity contribution < 1.29 is 0 Å². The molecule has 0 atom stereocenters. The van der Waals surface area contributed by atoms with Crippen molar-refractivity contribution in [1.82, 2.24) is 4.98 Å². The van der Waals surface area contributed by atoms with Crippen molar-refractivity contribution in [2.75, 3.05) is 0 Å². The quantitative estimate of drug-likeness (QED) is 0.742. The summed E-state index contributed by atoms with van der Waals surface area (Å²) in [4.78, 5) is 8.78. The zero-order valence-electron chi connectivity index (χ0n) is 11.0. The number of rotatable bonds is 4. The molecule has 0 aliphatic rings. The summed E-state index contributed by atoms with van der Waals surface area (Å²) in [6.07, 6.45) is 7.20. The second-order valence-electron chi connectivity index (χ2n) is 4.00. The molecule has 0 unspecified atom stereocenters. The minimum absolute atomic E-state index is 0.824. The fourth-order valence-corrected chi connectivity index (χ4v) is 1.72. The van der Waals surface area contributed by atoms with E-state index in [1.807, 2.05) is 61.7 Å². The van der Waals surface area contributed by atoms with Crippen LogP contribution in [0.15, 0.2) is 78.6 Å². The van der Waals surface area contributed by atoms with Gasteiger partial charge in [-0.2, -0.15) is 0 Å². The van der Waals surface area contributed by atoms with E-state index >= 15 is 0 Å². The van der Waals surface area contributed by atoms with E-state index in [1.165, 1.54) is 0 Å². The summed E-state index contributed by atoms with van der Waals surface area (Å²) in [6.45, 7) is 5.71. The highest BCUT2D eigenvalue weighted by Crippen LogP contribution is 2.16. The van der Waals surface area contributed by atoms with Gasteiger partial charge >= 0.3 is 0 Å². The van der Waals surface area contributed by atoms with Crippen LogP contribution in [0.25, 0.3) is 11.3 Å². The lowest BCUT2D eigenvalue weighted by molar-refractivity contribution is 1.31. The zero-order valence-corrected chi connectivity index (χ0v) is 11.0. The highest BCUT2D eigenvalue weighted by Gasteiger charge is 2.01. The molecule has 2 rings (SSSR count). The SMILES string of the molecule is C=C/C(=N\C=C/C)c1ccc(-c2ccccc2)nc1. The molecule has 2 nitrogen and oxygen atoms in total. The lowest BCUT2D eigenvalue weighted by Crippen LogP contribution is -1.97. The highest BCUT2D eigenvalue weighted by atomic mass is 14.7. The summed E-state index contributed by atoms with van der Waals surface area (Å²) in [6, 6.07) is 14.1. The van der Waals surface area contributed by atoms with Crippen molar-refractivity contribution >= 4 is 5.71 Å². The van der Waals surface area contributed by atoms with Gasteiger partial charge in [-0.15, -0.1) is 0 Å². The molecular weight excluding hydrogens is 232 g/mol. The molecular formula is C17H16N2. The molecule has 0 aliphatic carbocycles. The van der Waals surface area contributed by atoms with Gasteiger partial charge in [-0.25, -0.2) is 0 Å². The second kappa shape index (κ2) is 6.45. The Morgan fingerprint density at radius 3 is 2.53 bits per heavy atom. The highest BCUT2D eigenvalue weighted by molar-refractivity contribution is 6.08. The summed E-state index contributed by atoms with van der Waals surface area (Å²) < 4.78 is 0. The zero-order chi connectivity index (χ0) is 13.5. The van der Waals surface area contributed by atoms with Gasteiger partial charge in [-0.3, -0.25) is 9.98 Å². The van der Waals surface area contributed by atoms with Crippen LogP contribution in [0, 0.1) is 0 Å². The molecule has 0 aliphatic heterocycles. The molecule has 2 heteroatoms. The molecule has 0 amide bonds. The number of aliphatic imine (C=N–C) groups is 1. The average molecular weight is 248 g/mol. The summed E-state index contributed by atoms with van der Waals surface area (Å²) in [5, 5.41) is 0. The predicted molar refractivity (Wildman–Crippen MR) is 81.2 cm³/mol. The maximum atomic E-state index is 4.47. The number of nitrogens with zero attached hydrogens (tertiary/aromatic N) is 2. The van der Waals surface area contributed by atoms with Crippen molar-refractivity contribution in [3.8, 4) is 11.3 Å². The summed E-state index contributed by atoms with van der Waals surface area (Å²) in [5.74, 6) is 0. The third-order valence-electron chi connectivity index (χ3n) is 2.68. The van der Waals surface area contributed by atoms with Crippen molar-refractivity contribution in [3.05, 3.63) is 79.2 Å². The molecule has 0 spiro atoms. The molecule has 1 aromatic carbocycles. The Morgan fingerprint density at radius 1 is 1.16 bits per heavy atom. The van der Waals surface area contributed by atoms with Crippen LogP contribution in [0.5, 0.6) is 0 Å². The van der Waals surface area contributed by atoms with E-state index in [0.717, 1.165) is 22.5 Å². The lowest BCUT2D eigenvalue weighted by atomic mass is 10.1. The lowest BCUT2D eigenvalue weighted by Gasteiger charge is -2.03. The average Bonchev–Trinajstić information content (AvgIpc) is 2.49. The van der Waals surface area contributed by atoms with Gasteiger partial charge in [0.15, 0.2) is 0 Å². The van der Waals surface area contributed by atoms with Crippen molar-refractivity contribution in [3.63, 3.8) is 0 Å². The van der Waals surface area contributed by atoms with Gasteiger partial charge in [0.25, 0.3) is 0 Å². The van der Waals surface area contributed by atoms with Gasteiger partial charge in [0.2, 0.25) is 0 Å². The minimum atomic E-state index is 0.824. The smallest absolute Gasteiger partial charge is 0.0711 e. The van der Waals surface area contributed by atoms with Crippen LogP contribution in [-0.2, 0) is 0 Å². The van der Waals surface area contributed by atoms with Crippen LogP contribution in [-0.4, -0.2) is 10.7 Å². The van der Waals surface area contributed by atoms with E-state index in [4.69, 9.17) is 0 Å². The topological polar surface area (TPSA) is 25.2 Å². The van der Waals surface area contributed by atoms with Crippen molar-refractivity contribution in [2.45, 2.75) is 6.92 Å². The molecule has 0 saturated heterocycles. The molecule has 94 valence electrons. The molecule has 19 heavy (non-hydrogen) atoms. The van der Waals surface area contributed by atoms with Crippen LogP contribution in [0.1, 0.15) is 12.5 Å². The summed E-state index contributed by atoms with van der Waals surface area (Å²) in [7, 11) is 0. The molecule has 1 heterocycles. The Kier molecular flexibility index (Phi) is 4.40. The Bertz CT molecular complexity index is 593. The van der Waals surface area contributed by atoms with Gasteiger partial charge in [-0.05, 0) is 25.1 Å². The van der Waals surface area contributed by atoms with Gasteiger partial charge in [0.1, 0.15) is 0 Å². The first kappa shape index (κ1) is 13.0. The normalized spacial score (nSPS) is 11.7. The van der Waals surface area contributed by atoms with E-state index in [9.17, 15) is 0 Å². The number of allylic oxidation sites excluding steroid dienone is 2. The first-order valence-electron chi connectivity index (χ1n) is 6.18. The van der Waals surface area contributed by atoms with E-state index in [2.05, 4.69) is 16.6 Å². The maximum absolute atomic E-state index is 4.47. The van der Waals surface area contributed by atoms with E-state index < -0.39 is 0 Å². The van der Waals surface area contributed by atoms with E-state index in [-0.39, 0.29) is 0 Å². The molecule has 0 bridgehead atoms. The molecule has 1 aromatic heterocycles. The number of benzene rings is 1. The van der Waals surface area contributed by atoms with Crippen molar-refractivity contribution in [1.29, 1.82) is 0 Å². The molecule has 0 N–H and O–H groups in total. The second-order valence-corrected chi connectivity index (χ2v) is 4.00. The van der Waals surface area contributed by atoms with Gasteiger partial charge in [0.05, 0.1) is 11.4 Å². The summed E-state index contributed by atoms with van der Waals surface area (Å²) in [5.41, 5.74) is 3.86. The fraction of sp³-hybridized carbons (Fsp3) is 0.0588. The Morgan fingerprint density at radius 2 is 1.95 bits per heavy atom. The number of pyridine rings is 1. The Labute approximate surface area is 113 Å². The first-order chi connectivity index (χ1) is 9.35. The van der Waals surface area contributed by atoms with E-state index in [1.54, 1.807) is 12.3 Å². The first-order valence-corrected chi connectivity index (χ1v) is 6.18. The van der Waals surface area contributed by atoms with E-state index in [0.29, 0.717) is 0 Å². The molecule has 0 fully saturated rings. The number of hydrogen-bond donors (Lipinski definition) is 0. The maximum Gasteiger partial charge on any atom is 0.0711 e. The number of hydrogen-bond acceptors (Lipinski definition) is 2. The molecule has 0 radical (unpaired) electrons.